The van der Waals surface area contributed by atoms with Gasteiger partial charge in [-0.25, -0.2) is 9.37 Å². The highest BCUT2D eigenvalue weighted by atomic mass is 35.5. The van der Waals surface area contributed by atoms with Crippen LogP contribution in [0, 0.1) is 17.1 Å². The van der Waals surface area contributed by atoms with Crippen molar-refractivity contribution in [3.8, 4) is 23.1 Å². The summed E-state index contributed by atoms with van der Waals surface area (Å²) in [7, 11) is 0. The Morgan fingerprint density at radius 3 is 2.66 bits per heavy atom. The predicted molar refractivity (Wildman–Crippen MR) is 117 cm³/mol. The second kappa shape index (κ2) is 8.01. The summed E-state index contributed by atoms with van der Waals surface area (Å²) >= 11 is 6.68. The number of nitrogens with two attached hydrogens (primary N) is 1. The number of nitrogens with zero attached hydrogens (tertiary/aromatic N) is 5. The van der Waals surface area contributed by atoms with Crippen LogP contribution in [0.1, 0.15) is 46.9 Å². The van der Waals surface area contributed by atoms with Crippen molar-refractivity contribution in [3.05, 3.63) is 64.5 Å². The number of carbonyl (C=O) groups is 1. The molecule has 2 fully saturated rings. The fourth-order valence-corrected chi connectivity index (χ4v) is 4.28. The van der Waals surface area contributed by atoms with Gasteiger partial charge in [-0.05, 0) is 49.6 Å². The first-order chi connectivity index (χ1) is 15.5. The first-order valence-electron chi connectivity index (χ1n) is 10.5. The van der Waals surface area contributed by atoms with Crippen molar-refractivity contribution in [2.45, 2.75) is 31.2 Å². The molecule has 1 aliphatic carbocycles. The largest absolute Gasteiger partial charge is 0.336 e. The Labute approximate surface area is 189 Å². The second-order valence-electron chi connectivity index (χ2n) is 8.23. The molecule has 0 bridgehead atoms. The van der Waals surface area contributed by atoms with Crippen LogP contribution >= 0.6 is 11.6 Å². The van der Waals surface area contributed by atoms with E-state index < -0.39 is 5.82 Å². The van der Waals surface area contributed by atoms with E-state index in [1.54, 1.807) is 21.7 Å². The number of rotatable bonds is 4. The third-order valence-electron chi connectivity index (χ3n) is 5.91. The summed E-state index contributed by atoms with van der Waals surface area (Å²) in [6, 6.07) is 9.73. The highest BCUT2D eigenvalue weighted by molar-refractivity contribution is 6.33. The molecule has 32 heavy (non-hydrogen) atoms. The number of carbonyl (C=O) groups excluding carboxylic acids is 1. The molecule has 5 rings (SSSR count). The maximum Gasteiger partial charge on any atom is 0.275 e. The zero-order valence-corrected chi connectivity index (χ0v) is 17.9. The fourth-order valence-electron chi connectivity index (χ4n) is 3.98. The van der Waals surface area contributed by atoms with E-state index in [0.29, 0.717) is 42.5 Å². The molecule has 1 aromatic carbocycles. The molecular weight excluding hydrogens is 431 g/mol. The van der Waals surface area contributed by atoms with Crippen molar-refractivity contribution in [2.75, 3.05) is 13.1 Å². The highest BCUT2D eigenvalue weighted by Crippen LogP contribution is 2.39. The Hall–Kier alpha value is -3.28. The van der Waals surface area contributed by atoms with E-state index in [2.05, 4.69) is 9.97 Å². The molecule has 2 aromatic heterocycles. The first kappa shape index (κ1) is 20.6. The van der Waals surface area contributed by atoms with Gasteiger partial charge in [0, 0.05) is 36.3 Å². The Morgan fingerprint density at radius 2 is 2.06 bits per heavy atom. The van der Waals surface area contributed by atoms with Crippen LogP contribution in [0.15, 0.2) is 36.5 Å². The number of benzene rings is 1. The zero-order valence-electron chi connectivity index (χ0n) is 17.1. The summed E-state index contributed by atoms with van der Waals surface area (Å²) in [5.41, 5.74) is 7.98. The summed E-state index contributed by atoms with van der Waals surface area (Å²) in [5.74, 6) is -0.201. The van der Waals surface area contributed by atoms with Gasteiger partial charge in [0.25, 0.3) is 5.91 Å². The molecule has 2 N–H and O–H groups in total. The number of hydrogen-bond acceptors (Lipinski definition) is 5. The van der Waals surface area contributed by atoms with Crippen LogP contribution in [0.3, 0.4) is 0 Å². The van der Waals surface area contributed by atoms with E-state index in [1.807, 2.05) is 18.2 Å². The molecule has 7 nitrogen and oxygen atoms in total. The van der Waals surface area contributed by atoms with Crippen molar-refractivity contribution in [2.24, 2.45) is 5.73 Å². The molecule has 2 aliphatic rings. The van der Waals surface area contributed by atoms with Crippen molar-refractivity contribution >= 4 is 17.5 Å². The number of nitriles is 1. The van der Waals surface area contributed by atoms with Gasteiger partial charge >= 0.3 is 0 Å². The summed E-state index contributed by atoms with van der Waals surface area (Å²) in [4.78, 5) is 23.8. The van der Waals surface area contributed by atoms with Gasteiger partial charge in [-0.1, -0.05) is 11.6 Å². The van der Waals surface area contributed by atoms with Gasteiger partial charge in [-0.3, -0.25) is 14.3 Å². The van der Waals surface area contributed by atoms with Gasteiger partial charge in [0.15, 0.2) is 5.69 Å². The minimum absolute atomic E-state index is 0.0734. The van der Waals surface area contributed by atoms with Gasteiger partial charge in [0.1, 0.15) is 22.9 Å². The smallest absolute Gasteiger partial charge is 0.275 e. The van der Waals surface area contributed by atoms with Gasteiger partial charge < -0.3 is 10.6 Å². The topological polar surface area (TPSA) is 101 Å². The third-order valence-corrected chi connectivity index (χ3v) is 6.26. The van der Waals surface area contributed by atoms with Gasteiger partial charge in [0.2, 0.25) is 0 Å². The van der Waals surface area contributed by atoms with E-state index in [9.17, 15) is 9.18 Å². The molecule has 0 radical (unpaired) electrons. The Bertz CT molecular complexity index is 1240. The van der Waals surface area contributed by atoms with Crippen LogP contribution in [-0.4, -0.2) is 44.5 Å². The normalized spacial score (nSPS) is 18.1. The van der Waals surface area contributed by atoms with Crippen LogP contribution in [-0.2, 0) is 0 Å². The van der Waals surface area contributed by atoms with Gasteiger partial charge in [-0.15, -0.1) is 0 Å². The van der Waals surface area contributed by atoms with E-state index in [0.717, 1.165) is 18.5 Å². The predicted octanol–water partition coefficient (Wildman–Crippen LogP) is 3.65. The van der Waals surface area contributed by atoms with Crippen molar-refractivity contribution in [3.63, 3.8) is 0 Å². The lowest BCUT2D eigenvalue weighted by Crippen LogP contribution is -2.32. The Morgan fingerprint density at radius 1 is 1.25 bits per heavy atom. The lowest BCUT2D eigenvalue weighted by Gasteiger charge is -2.14. The number of pyridine rings is 1. The standard InChI is InChI=1S/C23H20ClFN6O/c24-21-20(23(32)30-8-7-16(27)12-30)29-22(14-3-4-15(10-26)18(25)9-14)31(21)17-5-6-19(28-11-17)13-1-2-13/h3-6,9,11,13,16H,1-2,7-8,12,27H2/t16-/m0/s1. The monoisotopic (exact) mass is 450 g/mol. The number of aromatic nitrogens is 3. The maximum absolute atomic E-state index is 14.4. The third kappa shape index (κ3) is 3.64. The van der Waals surface area contributed by atoms with Gasteiger partial charge in [0.05, 0.1) is 17.4 Å². The molecule has 9 heteroatoms. The number of likely N-dealkylation sites (tertiary alicyclic amines) is 1. The molecule has 1 saturated carbocycles. The van der Waals surface area contributed by atoms with Crippen LogP contribution in [0.25, 0.3) is 17.1 Å². The number of hydrogen-bond donors (Lipinski definition) is 1. The number of amides is 1. The average Bonchev–Trinajstić information content (AvgIpc) is 3.47. The molecule has 1 atom stereocenters. The molecule has 1 saturated heterocycles. The van der Waals surface area contributed by atoms with E-state index in [4.69, 9.17) is 22.6 Å². The van der Waals surface area contributed by atoms with Gasteiger partial charge in [-0.2, -0.15) is 5.26 Å². The fraction of sp³-hybridized carbons (Fsp3) is 0.304. The van der Waals surface area contributed by atoms with Crippen LogP contribution < -0.4 is 5.73 Å². The first-order valence-corrected chi connectivity index (χ1v) is 10.8. The highest BCUT2D eigenvalue weighted by Gasteiger charge is 2.31. The minimum atomic E-state index is -0.670. The summed E-state index contributed by atoms with van der Waals surface area (Å²) in [6.07, 6.45) is 4.66. The van der Waals surface area contributed by atoms with Crippen LogP contribution in [0.4, 0.5) is 4.39 Å². The molecule has 0 unspecified atom stereocenters. The SMILES string of the molecule is N#Cc1ccc(-c2nc(C(=O)N3CC[C@H](N)C3)c(Cl)n2-c2ccc(C3CC3)nc2)cc1F. The number of halogens is 2. The molecule has 162 valence electrons. The summed E-state index contributed by atoms with van der Waals surface area (Å²) < 4.78 is 16.0. The molecule has 3 aromatic rings. The molecular formula is C23H20ClFN6O. The minimum Gasteiger partial charge on any atom is -0.336 e. The average molecular weight is 451 g/mol. The summed E-state index contributed by atoms with van der Waals surface area (Å²) in [5, 5.41) is 9.17. The molecule has 1 aliphatic heterocycles. The van der Waals surface area contributed by atoms with Crippen LogP contribution in [0.5, 0.6) is 0 Å². The molecule has 0 spiro atoms. The van der Waals surface area contributed by atoms with Crippen molar-refractivity contribution < 1.29 is 9.18 Å². The van der Waals surface area contributed by atoms with Crippen molar-refractivity contribution in [1.82, 2.24) is 19.4 Å². The maximum atomic E-state index is 14.4. The Kier molecular flexibility index (Phi) is 5.16. The summed E-state index contributed by atoms with van der Waals surface area (Å²) in [6.45, 7) is 0.960. The van der Waals surface area contributed by atoms with Crippen LogP contribution in [0.2, 0.25) is 5.15 Å². The molecule has 3 heterocycles. The van der Waals surface area contributed by atoms with Crippen molar-refractivity contribution in [1.29, 1.82) is 5.26 Å². The quantitative estimate of drug-likeness (QED) is 0.653. The van der Waals surface area contributed by atoms with E-state index in [1.165, 1.54) is 12.1 Å². The van der Waals surface area contributed by atoms with E-state index >= 15 is 0 Å². The lowest BCUT2D eigenvalue weighted by molar-refractivity contribution is 0.0786. The molecule has 1 amide bonds. The number of imidazole rings is 1. The lowest BCUT2D eigenvalue weighted by atomic mass is 10.1. The Balaban J connectivity index is 1.62. The van der Waals surface area contributed by atoms with E-state index in [-0.39, 0.29) is 28.4 Å². The zero-order chi connectivity index (χ0) is 22.4. The second-order valence-corrected chi connectivity index (χ2v) is 8.59.